The Kier molecular flexibility index (Phi) is 7.55. The van der Waals surface area contributed by atoms with Crippen molar-refractivity contribution in [1.29, 1.82) is 0 Å². The molecule has 0 fully saturated rings. The van der Waals surface area contributed by atoms with Gasteiger partial charge in [-0.3, -0.25) is 0 Å². The van der Waals surface area contributed by atoms with Gasteiger partial charge in [0, 0.05) is 11.8 Å². The van der Waals surface area contributed by atoms with Crippen molar-refractivity contribution in [3.63, 3.8) is 0 Å². The molecule has 1 N–H and O–H groups in total. The van der Waals surface area contributed by atoms with Crippen molar-refractivity contribution in [2.45, 2.75) is 53.5 Å². The summed E-state index contributed by atoms with van der Waals surface area (Å²) in [7, 11) is 0. The van der Waals surface area contributed by atoms with Crippen LogP contribution in [0.3, 0.4) is 0 Å². The molecule has 0 saturated carbocycles. The van der Waals surface area contributed by atoms with E-state index in [1.54, 1.807) is 0 Å². The van der Waals surface area contributed by atoms with E-state index in [1.165, 1.54) is 46.6 Å². The summed E-state index contributed by atoms with van der Waals surface area (Å²) in [6, 6.07) is 5.20. The van der Waals surface area contributed by atoms with E-state index in [2.05, 4.69) is 63.8 Å². The van der Waals surface area contributed by atoms with Crippen molar-refractivity contribution in [2.24, 2.45) is 0 Å². The fourth-order valence-electron chi connectivity index (χ4n) is 2.28. The second-order valence-corrected chi connectivity index (χ2v) is 6.52. The van der Waals surface area contributed by atoms with Crippen molar-refractivity contribution >= 4 is 11.8 Å². The monoisotopic (exact) mass is 279 g/mol. The second-order valence-electron chi connectivity index (χ2n) is 5.37. The van der Waals surface area contributed by atoms with Crippen LogP contribution in [0.4, 0.5) is 0 Å². The zero-order valence-corrected chi connectivity index (χ0v) is 14.0. The number of hydrogen-bond donors (Lipinski definition) is 1. The molecule has 0 saturated heterocycles. The van der Waals surface area contributed by atoms with Gasteiger partial charge in [0.25, 0.3) is 0 Å². The average Bonchev–Trinajstić information content (AvgIpc) is 2.38. The first-order valence-electron chi connectivity index (χ1n) is 7.49. The van der Waals surface area contributed by atoms with E-state index in [0.717, 1.165) is 6.54 Å². The Balaban J connectivity index is 2.85. The Morgan fingerprint density at radius 1 is 1.00 bits per heavy atom. The van der Waals surface area contributed by atoms with Crippen LogP contribution < -0.4 is 5.32 Å². The van der Waals surface area contributed by atoms with Gasteiger partial charge < -0.3 is 5.32 Å². The normalized spacial score (nSPS) is 12.7. The lowest BCUT2D eigenvalue weighted by Gasteiger charge is -2.22. The lowest BCUT2D eigenvalue weighted by molar-refractivity contribution is 0.574. The summed E-state index contributed by atoms with van der Waals surface area (Å²) in [5.74, 6) is 2.44. The van der Waals surface area contributed by atoms with Crippen molar-refractivity contribution in [3.05, 3.63) is 34.4 Å². The van der Waals surface area contributed by atoms with Crippen LogP contribution in [-0.2, 0) is 0 Å². The first-order chi connectivity index (χ1) is 9.10. The summed E-state index contributed by atoms with van der Waals surface area (Å²) >= 11 is 2.06. The smallest absolute Gasteiger partial charge is 0.0414 e. The zero-order chi connectivity index (χ0) is 14.3. The van der Waals surface area contributed by atoms with Crippen LogP contribution in [0.2, 0.25) is 0 Å². The molecular formula is C17H29NS. The molecule has 0 aromatic heterocycles. The van der Waals surface area contributed by atoms with Gasteiger partial charge in [-0.1, -0.05) is 26.0 Å². The van der Waals surface area contributed by atoms with E-state index in [4.69, 9.17) is 0 Å². The van der Waals surface area contributed by atoms with Gasteiger partial charge in [-0.15, -0.1) is 0 Å². The number of benzene rings is 1. The third-order valence-corrected chi connectivity index (χ3v) is 4.80. The molecule has 1 nitrogen and oxygen atoms in total. The molecule has 0 aliphatic heterocycles. The Morgan fingerprint density at radius 3 is 2.32 bits per heavy atom. The number of hydrogen-bond acceptors (Lipinski definition) is 2. The molecule has 1 rings (SSSR count). The van der Waals surface area contributed by atoms with Crippen LogP contribution in [0.25, 0.3) is 0 Å². The topological polar surface area (TPSA) is 12.0 Å². The van der Waals surface area contributed by atoms with Crippen LogP contribution in [0, 0.1) is 20.8 Å². The average molecular weight is 279 g/mol. The van der Waals surface area contributed by atoms with E-state index in [1.807, 2.05) is 0 Å². The molecule has 0 spiro atoms. The van der Waals surface area contributed by atoms with Gasteiger partial charge in [0.05, 0.1) is 0 Å². The Morgan fingerprint density at radius 2 is 1.68 bits per heavy atom. The van der Waals surface area contributed by atoms with Crippen LogP contribution in [0.15, 0.2) is 12.1 Å². The lowest BCUT2D eigenvalue weighted by atomic mass is 9.96. The predicted molar refractivity (Wildman–Crippen MR) is 89.3 cm³/mol. The van der Waals surface area contributed by atoms with Gasteiger partial charge in [0.15, 0.2) is 0 Å². The largest absolute Gasteiger partial charge is 0.309 e. The highest BCUT2D eigenvalue weighted by Gasteiger charge is 2.14. The van der Waals surface area contributed by atoms with Crippen LogP contribution >= 0.6 is 11.8 Å². The van der Waals surface area contributed by atoms with Crippen molar-refractivity contribution in [3.8, 4) is 0 Å². The first kappa shape index (κ1) is 16.6. The summed E-state index contributed by atoms with van der Waals surface area (Å²) in [4.78, 5) is 0. The molecule has 2 heteroatoms. The molecule has 19 heavy (non-hydrogen) atoms. The SMILES string of the molecule is CCCNC(CSCCC)c1cc(C)c(C)cc1C. The molecule has 0 amide bonds. The number of thioether (sulfide) groups is 1. The predicted octanol–water partition coefficient (Wildman–Crippen LogP) is 4.80. The Labute approximate surface area is 123 Å². The third kappa shape index (κ3) is 5.19. The standard InChI is InChI=1S/C17H29NS/c1-6-8-18-17(12-19-9-7-2)16-11-14(4)13(3)10-15(16)5/h10-11,17-18H,6-9,12H2,1-5H3. The number of nitrogens with one attached hydrogen (secondary N) is 1. The highest BCUT2D eigenvalue weighted by molar-refractivity contribution is 7.99. The third-order valence-electron chi connectivity index (χ3n) is 3.53. The van der Waals surface area contributed by atoms with E-state index < -0.39 is 0 Å². The minimum atomic E-state index is 0.496. The quantitative estimate of drug-likeness (QED) is 0.686. The summed E-state index contributed by atoms with van der Waals surface area (Å²) in [5, 5.41) is 3.71. The van der Waals surface area contributed by atoms with E-state index in [-0.39, 0.29) is 0 Å². The molecular weight excluding hydrogens is 250 g/mol. The van der Waals surface area contributed by atoms with Gasteiger partial charge in [-0.05, 0) is 68.2 Å². The van der Waals surface area contributed by atoms with E-state index in [9.17, 15) is 0 Å². The van der Waals surface area contributed by atoms with Gasteiger partial charge in [0.2, 0.25) is 0 Å². The van der Waals surface area contributed by atoms with E-state index >= 15 is 0 Å². The molecule has 0 radical (unpaired) electrons. The van der Waals surface area contributed by atoms with E-state index in [0.29, 0.717) is 6.04 Å². The highest BCUT2D eigenvalue weighted by Crippen LogP contribution is 2.25. The molecule has 0 aliphatic rings. The molecule has 108 valence electrons. The van der Waals surface area contributed by atoms with Crippen LogP contribution in [0.5, 0.6) is 0 Å². The molecule has 0 heterocycles. The van der Waals surface area contributed by atoms with Crippen molar-refractivity contribution in [2.75, 3.05) is 18.1 Å². The van der Waals surface area contributed by atoms with Crippen molar-refractivity contribution in [1.82, 2.24) is 5.32 Å². The fraction of sp³-hybridized carbons (Fsp3) is 0.647. The van der Waals surface area contributed by atoms with Gasteiger partial charge in [-0.2, -0.15) is 11.8 Å². The molecule has 1 atom stereocenters. The maximum atomic E-state index is 3.71. The molecule has 1 unspecified atom stereocenters. The second kappa shape index (κ2) is 8.65. The minimum absolute atomic E-state index is 0.496. The summed E-state index contributed by atoms with van der Waals surface area (Å²) in [6.45, 7) is 12.2. The zero-order valence-electron chi connectivity index (χ0n) is 13.2. The fourth-order valence-corrected chi connectivity index (χ4v) is 3.27. The maximum Gasteiger partial charge on any atom is 0.0414 e. The number of aryl methyl sites for hydroxylation is 3. The minimum Gasteiger partial charge on any atom is -0.309 e. The summed E-state index contributed by atoms with van der Waals surface area (Å²) < 4.78 is 0. The van der Waals surface area contributed by atoms with Gasteiger partial charge in [-0.25, -0.2) is 0 Å². The van der Waals surface area contributed by atoms with Gasteiger partial charge >= 0.3 is 0 Å². The first-order valence-corrected chi connectivity index (χ1v) is 8.64. The maximum absolute atomic E-state index is 3.71. The van der Waals surface area contributed by atoms with Gasteiger partial charge in [0.1, 0.15) is 0 Å². The van der Waals surface area contributed by atoms with Crippen LogP contribution in [-0.4, -0.2) is 18.1 Å². The van der Waals surface area contributed by atoms with Crippen LogP contribution in [0.1, 0.15) is 55.0 Å². The Hall–Kier alpha value is -0.470. The summed E-state index contributed by atoms with van der Waals surface area (Å²) in [5.41, 5.74) is 5.72. The molecule has 0 bridgehead atoms. The Bertz CT molecular complexity index is 387. The highest BCUT2D eigenvalue weighted by atomic mass is 32.2. The molecule has 0 aliphatic carbocycles. The number of rotatable bonds is 8. The molecule has 1 aromatic rings. The lowest BCUT2D eigenvalue weighted by Crippen LogP contribution is -2.25. The van der Waals surface area contributed by atoms with Crippen molar-refractivity contribution < 1.29 is 0 Å². The molecule has 1 aromatic carbocycles. The summed E-state index contributed by atoms with van der Waals surface area (Å²) in [6.07, 6.45) is 2.45.